The minimum Gasteiger partial charge on any atom is -0.497 e. The quantitative estimate of drug-likeness (QED) is 0.568. The number of hydrogen-bond acceptors (Lipinski definition) is 5. The Balaban J connectivity index is 1.61. The van der Waals surface area contributed by atoms with E-state index >= 15 is 0 Å². The minimum absolute atomic E-state index is 0.0429. The molecule has 0 fully saturated rings. The summed E-state index contributed by atoms with van der Waals surface area (Å²) in [5.74, 6) is 1.92. The van der Waals surface area contributed by atoms with Gasteiger partial charge in [-0.15, -0.1) is 10.2 Å². The lowest BCUT2D eigenvalue weighted by Gasteiger charge is -2.12. The van der Waals surface area contributed by atoms with E-state index in [0.717, 1.165) is 45.5 Å². The van der Waals surface area contributed by atoms with Crippen LogP contribution in [-0.4, -0.2) is 33.5 Å². The summed E-state index contributed by atoms with van der Waals surface area (Å²) in [6.07, 6.45) is 1.55. The summed E-state index contributed by atoms with van der Waals surface area (Å²) < 4.78 is 7.13. The predicted octanol–water partition coefficient (Wildman–Crippen LogP) is 4.02. The highest BCUT2D eigenvalue weighted by atomic mass is 32.2. The van der Waals surface area contributed by atoms with Gasteiger partial charge in [-0.05, 0) is 42.2 Å². The second-order valence-electron chi connectivity index (χ2n) is 6.78. The molecule has 29 heavy (non-hydrogen) atoms. The molecular formula is C22H26N4O2S. The Hall–Kier alpha value is -2.80. The topological polar surface area (TPSA) is 69.0 Å². The third kappa shape index (κ3) is 5.17. The summed E-state index contributed by atoms with van der Waals surface area (Å²) in [5, 5.41) is 12.3. The molecule has 2 aromatic carbocycles. The van der Waals surface area contributed by atoms with Gasteiger partial charge in [-0.1, -0.05) is 49.0 Å². The SMILES string of the molecule is CCc1cccc(C)c1NC(=O)CSc1nnc(Cc2ccc(OC)cc2)n1C. The van der Waals surface area contributed by atoms with Crippen molar-refractivity contribution >= 4 is 23.4 Å². The molecule has 0 radical (unpaired) electrons. The molecule has 0 aliphatic carbocycles. The molecule has 0 bridgehead atoms. The highest BCUT2D eigenvalue weighted by Crippen LogP contribution is 2.23. The van der Waals surface area contributed by atoms with Crippen LogP contribution in [-0.2, 0) is 24.7 Å². The molecular weight excluding hydrogens is 384 g/mol. The van der Waals surface area contributed by atoms with E-state index in [1.54, 1.807) is 7.11 Å². The van der Waals surface area contributed by atoms with E-state index in [9.17, 15) is 4.79 Å². The Morgan fingerprint density at radius 1 is 1.17 bits per heavy atom. The molecule has 0 unspecified atom stereocenters. The first kappa shape index (κ1) is 20.9. The van der Waals surface area contributed by atoms with Crippen LogP contribution < -0.4 is 10.1 Å². The average molecular weight is 411 g/mol. The second kappa shape index (κ2) is 9.60. The van der Waals surface area contributed by atoms with Crippen LogP contribution >= 0.6 is 11.8 Å². The number of rotatable bonds is 8. The number of nitrogens with zero attached hydrogens (tertiary/aromatic N) is 3. The van der Waals surface area contributed by atoms with Crippen molar-refractivity contribution < 1.29 is 9.53 Å². The van der Waals surface area contributed by atoms with E-state index in [1.807, 2.05) is 61.0 Å². The Bertz CT molecular complexity index is 983. The summed E-state index contributed by atoms with van der Waals surface area (Å²) in [4.78, 5) is 12.5. The largest absolute Gasteiger partial charge is 0.497 e. The van der Waals surface area contributed by atoms with Crippen molar-refractivity contribution in [3.63, 3.8) is 0 Å². The number of nitrogens with one attached hydrogen (secondary N) is 1. The lowest BCUT2D eigenvalue weighted by Crippen LogP contribution is -2.16. The van der Waals surface area contributed by atoms with Crippen molar-refractivity contribution in [3.8, 4) is 5.75 Å². The fourth-order valence-corrected chi connectivity index (χ4v) is 3.79. The molecule has 3 aromatic rings. The Morgan fingerprint density at radius 3 is 2.62 bits per heavy atom. The zero-order chi connectivity index (χ0) is 20.8. The van der Waals surface area contributed by atoms with Crippen LogP contribution in [0.25, 0.3) is 0 Å². The van der Waals surface area contributed by atoms with Gasteiger partial charge in [0.05, 0.1) is 12.9 Å². The molecule has 0 aliphatic heterocycles. The minimum atomic E-state index is -0.0429. The molecule has 7 heteroatoms. The predicted molar refractivity (Wildman–Crippen MR) is 117 cm³/mol. The maximum Gasteiger partial charge on any atom is 0.234 e. The van der Waals surface area contributed by atoms with E-state index in [-0.39, 0.29) is 11.7 Å². The molecule has 0 saturated heterocycles. The molecule has 1 aromatic heterocycles. The summed E-state index contributed by atoms with van der Waals surface area (Å²) in [6, 6.07) is 14.0. The number of carbonyl (C=O) groups excluding carboxylic acids is 1. The van der Waals surface area contributed by atoms with E-state index in [0.29, 0.717) is 6.42 Å². The van der Waals surface area contributed by atoms with Gasteiger partial charge in [-0.2, -0.15) is 0 Å². The van der Waals surface area contributed by atoms with Crippen molar-refractivity contribution in [2.45, 2.75) is 31.8 Å². The van der Waals surface area contributed by atoms with Gasteiger partial charge in [0, 0.05) is 19.2 Å². The van der Waals surface area contributed by atoms with E-state index in [1.165, 1.54) is 11.8 Å². The standard InChI is InChI=1S/C22H26N4O2S/c1-5-17-8-6-7-15(2)21(17)23-20(27)14-29-22-25-24-19(26(22)3)13-16-9-11-18(28-4)12-10-16/h6-12H,5,13-14H2,1-4H3,(H,23,27). The van der Waals surface area contributed by atoms with E-state index in [2.05, 4.69) is 22.4 Å². The molecule has 0 spiro atoms. The smallest absolute Gasteiger partial charge is 0.234 e. The van der Waals surface area contributed by atoms with Crippen LogP contribution in [0, 0.1) is 6.92 Å². The average Bonchev–Trinajstić information content (AvgIpc) is 3.08. The van der Waals surface area contributed by atoms with E-state index < -0.39 is 0 Å². The number of amides is 1. The Kier molecular flexibility index (Phi) is 6.93. The molecule has 6 nitrogen and oxygen atoms in total. The van der Waals surface area contributed by atoms with Crippen LogP contribution in [0.15, 0.2) is 47.6 Å². The number of thioether (sulfide) groups is 1. The van der Waals surface area contributed by atoms with Gasteiger partial charge >= 0.3 is 0 Å². The number of ether oxygens (including phenoxy) is 1. The normalized spacial score (nSPS) is 10.8. The number of aromatic nitrogens is 3. The summed E-state index contributed by atoms with van der Waals surface area (Å²) in [7, 11) is 3.58. The van der Waals surface area contributed by atoms with Gasteiger partial charge in [0.1, 0.15) is 11.6 Å². The zero-order valence-electron chi connectivity index (χ0n) is 17.2. The second-order valence-corrected chi connectivity index (χ2v) is 7.72. The van der Waals surface area contributed by atoms with E-state index in [4.69, 9.17) is 4.74 Å². The fourth-order valence-electron chi connectivity index (χ4n) is 3.06. The third-order valence-electron chi connectivity index (χ3n) is 4.78. The Labute approximate surface area is 175 Å². The zero-order valence-corrected chi connectivity index (χ0v) is 18.0. The Morgan fingerprint density at radius 2 is 1.93 bits per heavy atom. The van der Waals surface area contributed by atoms with Gasteiger partial charge in [0.2, 0.25) is 5.91 Å². The number of hydrogen-bond donors (Lipinski definition) is 1. The van der Waals surface area contributed by atoms with Gasteiger partial charge in [-0.3, -0.25) is 4.79 Å². The number of methoxy groups -OCH3 is 1. The van der Waals surface area contributed by atoms with Crippen LogP contribution in [0.1, 0.15) is 29.4 Å². The number of aryl methyl sites for hydroxylation is 2. The first-order valence-corrected chi connectivity index (χ1v) is 10.5. The lowest BCUT2D eigenvalue weighted by atomic mass is 10.1. The number of anilines is 1. The monoisotopic (exact) mass is 410 g/mol. The first-order valence-electron chi connectivity index (χ1n) is 9.54. The maximum atomic E-state index is 12.5. The lowest BCUT2D eigenvalue weighted by molar-refractivity contribution is -0.113. The highest BCUT2D eigenvalue weighted by molar-refractivity contribution is 7.99. The van der Waals surface area contributed by atoms with Gasteiger partial charge < -0.3 is 14.6 Å². The van der Waals surface area contributed by atoms with Crippen LogP contribution in [0.4, 0.5) is 5.69 Å². The first-order chi connectivity index (χ1) is 14.0. The molecule has 3 rings (SSSR count). The molecule has 1 N–H and O–H groups in total. The van der Waals surface area contributed by atoms with Crippen molar-refractivity contribution in [1.82, 2.24) is 14.8 Å². The molecule has 1 heterocycles. The summed E-state index contributed by atoms with van der Waals surface area (Å²) in [6.45, 7) is 4.10. The number of carbonyl (C=O) groups is 1. The van der Waals surface area contributed by atoms with Crippen molar-refractivity contribution in [1.29, 1.82) is 0 Å². The molecule has 1 amide bonds. The van der Waals surface area contributed by atoms with Crippen molar-refractivity contribution in [3.05, 3.63) is 65.0 Å². The van der Waals surface area contributed by atoms with Crippen LogP contribution in [0.2, 0.25) is 0 Å². The summed E-state index contributed by atoms with van der Waals surface area (Å²) >= 11 is 1.39. The summed E-state index contributed by atoms with van der Waals surface area (Å²) in [5.41, 5.74) is 4.26. The number of para-hydroxylation sites is 1. The fraction of sp³-hybridized carbons (Fsp3) is 0.318. The van der Waals surface area contributed by atoms with Gasteiger partial charge in [0.15, 0.2) is 5.16 Å². The molecule has 0 saturated carbocycles. The van der Waals surface area contributed by atoms with Gasteiger partial charge in [0.25, 0.3) is 0 Å². The maximum absolute atomic E-state index is 12.5. The van der Waals surface area contributed by atoms with Gasteiger partial charge in [-0.25, -0.2) is 0 Å². The van der Waals surface area contributed by atoms with Crippen LogP contribution in [0.5, 0.6) is 5.75 Å². The molecule has 0 atom stereocenters. The highest BCUT2D eigenvalue weighted by Gasteiger charge is 2.14. The third-order valence-corrected chi connectivity index (χ3v) is 5.80. The molecule has 0 aliphatic rings. The van der Waals surface area contributed by atoms with Crippen molar-refractivity contribution in [2.24, 2.45) is 7.05 Å². The van der Waals surface area contributed by atoms with Crippen molar-refractivity contribution in [2.75, 3.05) is 18.2 Å². The number of benzene rings is 2. The van der Waals surface area contributed by atoms with Crippen LogP contribution in [0.3, 0.4) is 0 Å². The molecule has 152 valence electrons.